The third-order valence-electron chi connectivity index (χ3n) is 8.46. The van der Waals surface area contributed by atoms with Gasteiger partial charge >= 0.3 is 5.97 Å². The highest BCUT2D eigenvalue weighted by molar-refractivity contribution is 6.85. The normalized spacial score (nSPS) is 25.4. The van der Waals surface area contributed by atoms with Crippen LogP contribution in [0.4, 0.5) is 10.1 Å². The van der Waals surface area contributed by atoms with Crippen LogP contribution in [-0.2, 0) is 24.5 Å². The van der Waals surface area contributed by atoms with Gasteiger partial charge in [-0.05, 0) is 42.1 Å². The molecule has 1 aromatic rings. The number of hydrogen-bond acceptors (Lipinski definition) is 4. The van der Waals surface area contributed by atoms with Gasteiger partial charge in [0.25, 0.3) is 0 Å². The van der Waals surface area contributed by atoms with Crippen molar-refractivity contribution in [2.45, 2.75) is 88.9 Å². The van der Waals surface area contributed by atoms with E-state index in [2.05, 4.69) is 41.5 Å². The first-order valence-electron chi connectivity index (χ1n) is 11.6. The second-order valence-electron chi connectivity index (χ2n) is 10.5. The van der Waals surface area contributed by atoms with Crippen molar-refractivity contribution >= 4 is 31.5 Å². The van der Waals surface area contributed by atoms with E-state index in [0.29, 0.717) is 40.7 Å². The average Bonchev–Trinajstić information content (AvgIpc) is 3.19. The van der Waals surface area contributed by atoms with Gasteiger partial charge in [0.15, 0.2) is 0 Å². The summed E-state index contributed by atoms with van der Waals surface area (Å²) in [6, 6.07) is 4.09. The lowest BCUT2D eigenvalue weighted by atomic mass is 9.73. The molecule has 0 N–H and O–H groups in total. The maximum absolute atomic E-state index is 14.5. The van der Waals surface area contributed by atoms with Gasteiger partial charge in [-0.15, -0.1) is 0 Å². The molecule has 0 aromatic heterocycles. The number of nitrogens with zero attached hydrogens (tertiary/aromatic N) is 1. The number of rotatable bonds is 5. The smallest absolute Gasteiger partial charge is 0.310 e. The van der Waals surface area contributed by atoms with Gasteiger partial charge in [0.2, 0.25) is 11.8 Å². The molecule has 32 heavy (non-hydrogen) atoms. The fraction of sp³-hybridized carbons (Fsp3) is 0.640. The maximum atomic E-state index is 14.5. The van der Waals surface area contributed by atoms with Crippen molar-refractivity contribution in [1.29, 1.82) is 0 Å². The van der Waals surface area contributed by atoms with Gasteiger partial charge < -0.3 is 4.74 Å². The van der Waals surface area contributed by atoms with Crippen molar-refractivity contribution in [3.05, 3.63) is 29.6 Å². The van der Waals surface area contributed by atoms with Crippen molar-refractivity contribution in [2.75, 3.05) is 12.0 Å². The molecule has 2 aliphatic rings. The summed E-state index contributed by atoms with van der Waals surface area (Å²) in [5.41, 5.74) is 1.06. The molecule has 1 saturated carbocycles. The van der Waals surface area contributed by atoms with Crippen LogP contribution in [0.15, 0.2) is 18.2 Å². The number of carbonyl (C=O) groups is 3. The topological polar surface area (TPSA) is 63.7 Å². The van der Waals surface area contributed by atoms with Crippen LogP contribution in [0.2, 0.25) is 22.2 Å². The largest absolute Gasteiger partial charge is 0.469 e. The highest BCUT2D eigenvalue weighted by Crippen LogP contribution is 2.65. The Morgan fingerprint density at radius 1 is 1.12 bits per heavy atom. The van der Waals surface area contributed by atoms with Crippen LogP contribution in [-0.4, -0.2) is 33.0 Å². The molecule has 1 aliphatic heterocycles. The molecular weight excluding hydrogens is 425 g/mol. The summed E-state index contributed by atoms with van der Waals surface area (Å²) in [5, 5.41) is 0. The molecule has 0 unspecified atom stereocenters. The lowest BCUT2D eigenvalue weighted by Crippen LogP contribution is -2.49. The minimum atomic E-state index is -2.06. The number of anilines is 1. The zero-order valence-electron chi connectivity index (χ0n) is 20.5. The Labute approximate surface area is 191 Å². The lowest BCUT2D eigenvalue weighted by molar-refractivity contribution is -0.150. The minimum Gasteiger partial charge on any atom is -0.469 e. The summed E-state index contributed by atoms with van der Waals surface area (Å²) in [5.74, 6) is -2.51. The van der Waals surface area contributed by atoms with Crippen molar-refractivity contribution in [1.82, 2.24) is 0 Å². The third-order valence-corrected chi connectivity index (χ3v) is 16.3. The van der Waals surface area contributed by atoms with E-state index in [4.69, 9.17) is 4.74 Å². The fourth-order valence-corrected chi connectivity index (χ4v) is 15.8. The van der Waals surface area contributed by atoms with E-state index in [9.17, 15) is 18.8 Å². The second kappa shape index (κ2) is 8.40. The molecule has 176 valence electrons. The maximum Gasteiger partial charge on any atom is 0.310 e. The van der Waals surface area contributed by atoms with Gasteiger partial charge in [-0.25, -0.2) is 9.29 Å². The molecule has 1 heterocycles. The van der Waals surface area contributed by atoms with Crippen LogP contribution in [0.5, 0.6) is 0 Å². The third kappa shape index (κ3) is 3.18. The number of esters is 1. The molecule has 3 rings (SSSR count). The van der Waals surface area contributed by atoms with Crippen LogP contribution >= 0.6 is 0 Å². The Balaban J connectivity index is 2.30. The molecule has 1 fully saturated rings. The monoisotopic (exact) mass is 461 g/mol. The van der Waals surface area contributed by atoms with Crippen LogP contribution in [0.1, 0.15) is 66.9 Å². The van der Waals surface area contributed by atoms with Crippen LogP contribution in [0, 0.1) is 11.7 Å². The molecule has 3 atom stereocenters. The van der Waals surface area contributed by atoms with E-state index in [1.54, 1.807) is 0 Å². The summed E-state index contributed by atoms with van der Waals surface area (Å²) in [6.45, 7) is 14.9. The summed E-state index contributed by atoms with van der Waals surface area (Å²) in [4.78, 5) is 40.7. The van der Waals surface area contributed by atoms with E-state index >= 15 is 0 Å². The molecular formula is C25H36FNO4Si. The van der Waals surface area contributed by atoms with Crippen molar-refractivity contribution in [3.63, 3.8) is 0 Å². The zero-order chi connectivity index (χ0) is 24.2. The molecule has 1 spiro atoms. The Bertz CT molecular complexity index is 922. The first-order chi connectivity index (χ1) is 14.9. The first-order valence-corrected chi connectivity index (χ1v) is 13.9. The van der Waals surface area contributed by atoms with Gasteiger partial charge in [0.05, 0.1) is 32.2 Å². The highest BCUT2D eigenvalue weighted by Gasteiger charge is 2.67. The Hall–Kier alpha value is -2.02. The molecule has 2 amide bonds. The van der Waals surface area contributed by atoms with Gasteiger partial charge in [0.1, 0.15) is 5.82 Å². The van der Waals surface area contributed by atoms with E-state index in [0.717, 1.165) is 4.90 Å². The number of hydrogen-bond donors (Lipinski definition) is 0. The molecule has 0 saturated heterocycles. The molecule has 7 heteroatoms. The summed E-state index contributed by atoms with van der Waals surface area (Å²) in [6.07, 6.45) is 0.980. The molecule has 1 aromatic carbocycles. The van der Waals surface area contributed by atoms with Crippen LogP contribution in [0.3, 0.4) is 0 Å². The number of halogens is 1. The van der Waals surface area contributed by atoms with Crippen molar-refractivity contribution in [2.24, 2.45) is 5.92 Å². The Kier molecular flexibility index (Phi) is 6.46. The van der Waals surface area contributed by atoms with Gasteiger partial charge in [-0.2, -0.15) is 0 Å². The summed E-state index contributed by atoms with van der Waals surface area (Å²) < 4.78 is 19.6. The second-order valence-corrected chi connectivity index (χ2v) is 16.7. The van der Waals surface area contributed by atoms with E-state index in [-0.39, 0.29) is 5.54 Å². The molecule has 1 aliphatic carbocycles. The predicted octanol–water partition coefficient (Wildman–Crippen LogP) is 5.59. The summed E-state index contributed by atoms with van der Waals surface area (Å²) in [7, 11) is -0.730. The van der Waals surface area contributed by atoms with Crippen LogP contribution in [0.25, 0.3) is 0 Å². The molecule has 5 nitrogen and oxygen atoms in total. The quantitative estimate of drug-likeness (QED) is 0.424. The van der Waals surface area contributed by atoms with Gasteiger partial charge in [0, 0.05) is 6.92 Å². The van der Waals surface area contributed by atoms with Crippen molar-refractivity contribution in [3.8, 4) is 0 Å². The number of amides is 2. The SMILES string of the molecule is COC(=O)[C@H]1C[C@@H]([Si](C(C)C)(C(C)C)C(C)C)C[C@]12C(=O)N(C(C)=O)c1ccc(F)cc12. The standard InChI is InChI=1S/C25H36FNO4Si/c1-14(2)32(15(3)4,16(5)6)19-12-21(23(29)31-8)25(13-19)20-11-18(26)9-10-22(20)27(17(7)28)24(25)30/h9-11,14-16,19,21H,12-13H2,1-8H3/t19-,21-,25-/m1/s1. The molecule has 0 bridgehead atoms. The van der Waals surface area contributed by atoms with Gasteiger partial charge in [-0.3, -0.25) is 14.4 Å². The average molecular weight is 462 g/mol. The highest BCUT2D eigenvalue weighted by atomic mass is 28.3. The van der Waals surface area contributed by atoms with E-state index in [1.165, 1.54) is 32.2 Å². The number of benzene rings is 1. The number of methoxy groups -OCH3 is 1. The first kappa shape index (κ1) is 24.6. The van der Waals surface area contributed by atoms with E-state index < -0.39 is 43.0 Å². The minimum absolute atomic E-state index is 0.165. The number of imide groups is 1. The number of fused-ring (bicyclic) bond motifs is 2. The number of carbonyl (C=O) groups excluding carboxylic acids is 3. The number of ether oxygens (including phenoxy) is 1. The Morgan fingerprint density at radius 2 is 1.69 bits per heavy atom. The molecule has 0 radical (unpaired) electrons. The van der Waals surface area contributed by atoms with Gasteiger partial charge in [-0.1, -0.05) is 58.2 Å². The fourth-order valence-electron chi connectivity index (χ4n) is 7.67. The summed E-state index contributed by atoms with van der Waals surface area (Å²) >= 11 is 0. The van der Waals surface area contributed by atoms with Crippen molar-refractivity contribution < 1.29 is 23.5 Å². The Morgan fingerprint density at radius 3 is 2.16 bits per heavy atom. The van der Waals surface area contributed by atoms with E-state index in [1.807, 2.05) is 0 Å². The lowest BCUT2D eigenvalue weighted by Gasteiger charge is -2.48. The predicted molar refractivity (Wildman–Crippen MR) is 126 cm³/mol. The van der Waals surface area contributed by atoms with Crippen LogP contribution < -0.4 is 4.90 Å². The zero-order valence-corrected chi connectivity index (χ0v) is 21.5.